The van der Waals surface area contributed by atoms with E-state index in [9.17, 15) is 67.4 Å². The Morgan fingerprint density at radius 1 is 0.602 bits per heavy atom. The van der Waals surface area contributed by atoms with Gasteiger partial charge in [0.2, 0.25) is 11.8 Å². The molecule has 2 unspecified atom stereocenters. The maximum atomic E-state index is 16.6. The fraction of sp³-hybridized carbons (Fsp3) is 0.525. The van der Waals surface area contributed by atoms with E-state index in [0.717, 1.165) is 48.6 Å². The molecule has 0 radical (unpaired) electrons. The lowest BCUT2D eigenvalue weighted by Crippen LogP contribution is -2.36. The summed E-state index contributed by atoms with van der Waals surface area (Å²) in [6, 6.07) is 15.0. The SMILES string of the molecule is CCOC(=O)CCCCCCN1C(=O)CC[C@@H]1/C=C/C(OC(=O)Cc1cc(CC(=O)OC(/C=C/[C@H]2CCC(=O)N2CCCCCCC(=O)OCC)C(F)(F)c2ccccc2)cc(C(=O)NCCCC(O)(P(=O)(O)O)P(=O)(O)O)c1)C(F)(F)c1ccccc1. The number of carbonyl (C=O) groups excluding carboxylic acids is 7. The Bertz CT molecular complexity index is 2820. The van der Waals surface area contributed by atoms with Gasteiger partial charge in [-0.2, -0.15) is 17.6 Å². The van der Waals surface area contributed by atoms with Crippen LogP contribution in [-0.4, -0.2) is 138 Å². The summed E-state index contributed by atoms with van der Waals surface area (Å²) < 4.78 is 111. The van der Waals surface area contributed by atoms with Crippen LogP contribution in [0.3, 0.4) is 0 Å². The lowest BCUT2D eigenvalue weighted by atomic mass is 9.99. The van der Waals surface area contributed by atoms with Crippen LogP contribution in [0.1, 0.15) is 149 Å². The first-order valence-corrected chi connectivity index (χ1v) is 32.6. The Kier molecular flexibility index (Phi) is 27.7. The van der Waals surface area contributed by atoms with Crippen molar-refractivity contribution in [3.63, 3.8) is 0 Å². The monoisotopic (exact) mass is 1280 g/mol. The van der Waals surface area contributed by atoms with Gasteiger partial charge >= 0.3 is 50.9 Å². The number of ether oxygens (including phenoxy) is 4. The summed E-state index contributed by atoms with van der Waals surface area (Å²) >= 11 is 0. The third-order valence-corrected chi connectivity index (χ3v) is 18.8. The zero-order chi connectivity index (χ0) is 64.7. The van der Waals surface area contributed by atoms with Crippen LogP contribution >= 0.6 is 15.2 Å². The average Bonchev–Trinajstić information content (AvgIpc) is 1.24. The highest BCUT2D eigenvalue weighted by Gasteiger charge is 2.58. The van der Waals surface area contributed by atoms with Gasteiger partial charge in [0, 0.05) is 68.4 Å². The summed E-state index contributed by atoms with van der Waals surface area (Å²) in [6.45, 7) is 3.93. The normalized spacial score (nSPS) is 16.7. The number of nitrogens with zero attached hydrogens (tertiary/aromatic N) is 2. The molecule has 27 heteroatoms. The molecule has 2 aliphatic heterocycles. The maximum Gasteiger partial charge on any atom is 0.369 e. The molecule has 6 N–H and O–H groups in total. The van der Waals surface area contributed by atoms with Crippen LogP contribution in [0.2, 0.25) is 0 Å². The molecule has 3 aromatic rings. The Morgan fingerprint density at radius 2 is 1.00 bits per heavy atom. The summed E-state index contributed by atoms with van der Waals surface area (Å²) in [7, 11) is -11.7. The van der Waals surface area contributed by atoms with E-state index in [4.69, 9.17) is 18.9 Å². The Balaban J connectivity index is 1.41. The minimum atomic E-state index is -5.87. The molecule has 3 aromatic carbocycles. The van der Waals surface area contributed by atoms with E-state index in [1.807, 2.05) is 0 Å². The van der Waals surface area contributed by atoms with E-state index in [1.54, 1.807) is 13.8 Å². The summed E-state index contributed by atoms with van der Waals surface area (Å²) in [5, 5.41) is 8.89. The summed E-state index contributed by atoms with van der Waals surface area (Å²) in [6.07, 6.45) is 2.80. The van der Waals surface area contributed by atoms with Crippen molar-refractivity contribution in [1.29, 1.82) is 0 Å². The van der Waals surface area contributed by atoms with Gasteiger partial charge in [-0.3, -0.25) is 42.7 Å². The lowest BCUT2D eigenvalue weighted by Gasteiger charge is -2.29. The molecule has 2 saturated heterocycles. The molecule has 3 amide bonds. The Hall–Kier alpha value is -6.59. The smallest absolute Gasteiger partial charge is 0.369 e. The van der Waals surface area contributed by atoms with E-state index in [1.165, 1.54) is 64.4 Å². The quantitative estimate of drug-likeness (QED) is 0.00784. The molecule has 484 valence electrons. The zero-order valence-corrected chi connectivity index (χ0v) is 51.0. The van der Waals surface area contributed by atoms with E-state index >= 15 is 17.6 Å². The molecule has 0 aromatic heterocycles. The number of amides is 3. The fourth-order valence-corrected chi connectivity index (χ4v) is 12.5. The van der Waals surface area contributed by atoms with Crippen LogP contribution in [0.15, 0.2) is 103 Å². The van der Waals surface area contributed by atoms with Crippen molar-refractivity contribution in [2.75, 3.05) is 32.8 Å². The van der Waals surface area contributed by atoms with Crippen molar-refractivity contribution >= 4 is 56.8 Å². The minimum Gasteiger partial charge on any atom is -0.466 e. The zero-order valence-electron chi connectivity index (χ0n) is 49.2. The largest absolute Gasteiger partial charge is 0.466 e. The topological polar surface area (TPSA) is 310 Å². The van der Waals surface area contributed by atoms with Gasteiger partial charge in [-0.15, -0.1) is 0 Å². The number of aliphatic hydroxyl groups is 1. The Morgan fingerprint density at radius 3 is 1.39 bits per heavy atom. The highest BCUT2D eigenvalue weighted by molar-refractivity contribution is 7.72. The number of halogens is 4. The van der Waals surface area contributed by atoms with Gasteiger partial charge in [0.1, 0.15) is 0 Å². The molecule has 0 spiro atoms. The molecular weight excluding hydrogens is 1200 g/mol. The highest BCUT2D eigenvalue weighted by Crippen LogP contribution is 2.69. The number of unbranched alkanes of at least 4 members (excludes halogenated alkanes) is 6. The molecule has 21 nitrogen and oxygen atoms in total. The molecule has 0 saturated carbocycles. The molecular formula is C61H79F4N3O18P2. The van der Waals surface area contributed by atoms with Gasteiger partial charge in [-0.05, 0) is 94.2 Å². The number of alkyl halides is 4. The summed E-state index contributed by atoms with van der Waals surface area (Å²) in [4.78, 5) is 133. The number of carbonyl (C=O) groups is 7. The molecule has 88 heavy (non-hydrogen) atoms. The van der Waals surface area contributed by atoms with Crippen molar-refractivity contribution in [2.45, 2.75) is 171 Å². The van der Waals surface area contributed by atoms with E-state index in [0.29, 0.717) is 51.4 Å². The first kappa shape index (κ1) is 72.2. The molecule has 0 aliphatic carbocycles. The highest BCUT2D eigenvalue weighted by atomic mass is 31.2. The molecule has 2 aliphatic rings. The molecule has 2 heterocycles. The summed E-state index contributed by atoms with van der Waals surface area (Å²) in [5.74, 6) is -12.4. The molecule has 2 fully saturated rings. The van der Waals surface area contributed by atoms with Gasteiger partial charge < -0.3 is 58.7 Å². The number of benzene rings is 3. The van der Waals surface area contributed by atoms with Crippen molar-refractivity contribution in [3.05, 3.63) is 131 Å². The van der Waals surface area contributed by atoms with Crippen LogP contribution in [0.5, 0.6) is 0 Å². The van der Waals surface area contributed by atoms with Crippen LogP contribution < -0.4 is 5.32 Å². The third kappa shape index (κ3) is 21.3. The lowest BCUT2D eigenvalue weighted by molar-refractivity contribution is -0.167. The van der Waals surface area contributed by atoms with Crippen LogP contribution in [-0.2, 0) is 81.5 Å². The Labute approximate surface area is 508 Å². The van der Waals surface area contributed by atoms with E-state index in [2.05, 4.69) is 5.32 Å². The van der Waals surface area contributed by atoms with Crippen LogP contribution in [0.25, 0.3) is 0 Å². The van der Waals surface area contributed by atoms with Gasteiger partial charge in [-0.1, -0.05) is 105 Å². The first-order chi connectivity index (χ1) is 41.6. The number of hydrogen-bond acceptors (Lipinski definition) is 14. The van der Waals surface area contributed by atoms with Crippen LogP contribution in [0, 0.1) is 0 Å². The van der Waals surface area contributed by atoms with Crippen molar-refractivity contribution in [3.8, 4) is 0 Å². The van der Waals surface area contributed by atoms with Crippen molar-refractivity contribution < 1.29 is 104 Å². The minimum absolute atomic E-state index is 0.123. The number of hydrogen-bond donors (Lipinski definition) is 6. The average molecular weight is 1280 g/mol. The van der Waals surface area contributed by atoms with Crippen molar-refractivity contribution in [2.24, 2.45) is 0 Å². The van der Waals surface area contributed by atoms with Gasteiger partial charge in [0.05, 0.1) is 38.1 Å². The third-order valence-electron chi connectivity index (χ3n) is 14.9. The molecule has 0 bridgehead atoms. The fourth-order valence-electron chi connectivity index (χ4n) is 10.2. The van der Waals surface area contributed by atoms with E-state index in [-0.39, 0.29) is 105 Å². The van der Waals surface area contributed by atoms with Gasteiger partial charge in [0.15, 0.2) is 12.2 Å². The number of rotatable bonds is 37. The second-order valence-corrected chi connectivity index (χ2v) is 25.5. The summed E-state index contributed by atoms with van der Waals surface area (Å²) in [5.41, 5.74) is -1.71. The predicted octanol–water partition coefficient (Wildman–Crippen LogP) is 8.81. The molecule has 5 rings (SSSR count). The van der Waals surface area contributed by atoms with Gasteiger partial charge in [0.25, 0.3) is 11.0 Å². The predicted molar refractivity (Wildman–Crippen MR) is 312 cm³/mol. The first-order valence-electron chi connectivity index (χ1n) is 29.4. The van der Waals surface area contributed by atoms with Crippen molar-refractivity contribution in [1.82, 2.24) is 15.1 Å². The second-order valence-electron chi connectivity index (χ2n) is 21.5. The van der Waals surface area contributed by atoms with Gasteiger partial charge in [-0.25, -0.2) is 0 Å². The van der Waals surface area contributed by atoms with E-state index < -0.39 is 118 Å². The van der Waals surface area contributed by atoms with Crippen LogP contribution in [0.4, 0.5) is 17.6 Å². The number of nitrogens with one attached hydrogen (secondary N) is 1. The second kappa shape index (κ2) is 33.8. The maximum absolute atomic E-state index is 16.6. The number of likely N-dealkylation sites (tertiary alicyclic amines) is 2. The standard InChI is InChI=1S/C61H79F4N3O18P2/c1-3-83-54(71)24-15-5-7-17-36-67-48(28-32-52(67)69)26-30-50(60(62,63)46-20-11-9-12-21-46)85-56(73)41-43-38-44(40-45(39-43)58(75)66-35-19-34-59(76,87(77,78)79)88(80,81)82)42-57(74)86-51(61(64,65)47-22-13-10-14-23-47)31-27-49-29-33-53(70)68(49)37-18-8-6-16-25-55(72)84-4-2/h9-14,20-23,26-27,30-31,38-40,48-51,76H,3-8,15-19,24-25,28-29,32-37,41-42H2,1-2H3,(H,66,75)(H2,77,78,79)(H2,80,81,82)/b30-26+,31-27+/t48-,49-,50?,51?/m0/s1. The number of esters is 4. The molecule has 4 atom stereocenters.